The van der Waals surface area contributed by atoms with Gasteiger partial charge in [-0.05, 0) is 19.1 Å². The van der Waals surface area contributed by atoms with Crippen molar-refractivity contribution in [1.29, 1.82) is 5.26 Å². The van der Waals surface area contributed by atoms with Crippen molar-refractivity contribution < 1.29 is 14.3 Å². The number of ketones is 1. The summed E-state index contributed by atoms with van der Waals surface area (Å²) in [5.74, 6) is 0.707. The number of carbonyl (C=O) groups excluding carboxylic acids is 1. The van der Waals surface area contributed by atoms with E-state index in [2.05, 4.69) is 0 Å². The van der Waals surface area contributed by atoms with Crippen LogP contribution < -0.4 is 9.47 Å². The molecule has 0 amide bonds. The monoisotopic (exact) mass is 307 g/mol. The van der Waals surface area contributed by atoms with E-state index in [-0.39, 0.29) is 11.4 Å². The van der Waals surface area contributed by atoms with E-state index in [1.807, 2.05) is 25.1 Å². The van der Waals surface area contributed by atoms with Crippen molar-refractivity contribution in [2.24, 2.45) is 0 Å². The normalized spacial score (nSPS) is 10.8. The summed E-state index contributed by atoms with van der Waals surface area (Å²) in [5, 5.41) is 9.35. The van der Waals surface area contributed by atoms with E-state index in [4.69, 9.17) is 9.47 Å². The topological polar surface area (TPSA) is 59.3 Å². The molecule has 0 radical (unpaired) electrons. The zero-order valence-electron chi connectivity index (χ0n) is 13.3. The fourth-order valence-electron chi connectivity index (χ4n) is 2.19. The molecule has 0 aromatic heterocycles. The fraction of sp³-hybridized carbons (Fsp3) is 0.158. The molecule has 0 bridgehead atoms. The van der Waals surface area contributed by atoms with Gasteiger partial charge in [-0.15, -0.1) is 0 Å². The maximum Gasteiger partial charge on any atom is 0.203 e. The highest BCUT2D eigenvalue weighted by Crippen LogP contribution is 2.32. The van der Waals surface area contributed by atoms with Crippen molar-refractivity contribution in [1.82, 2.24) is 0 Å². The number of nitriles is 1. The number of rotatable bonds is 5. The largest absolute Gasteiger partial charge is 0.493 e. The van der Waals surface area contributed by atoms with Gasteiger partial charge in [0.15, 0.2) is 11.5 Å². The highest BCUT2D eigenvalue weighted by atomic mass is 16.5. The van der Waals surface area contributed by atoms with Crippen LogP contribution in [0.2, 0.25) is 0 Å². The molecule has 23 heavy (non-hydrogen) atoms. The van der Waals surface area contributed by atoms with E-state index in [1.54, 1.807) is 30.3 Å². The van der Waals surface area contributed by atoms with Crippen LogP contribution in [0.1, 0.15) is 21.5 Å². The first-order valence-corrected chi connectivity index (χ1v) is 7.05. The molecule has 116 valence electrons. The average Bonchev–Trinajstić information content (AvgIpc) is 2.59. The van der Waals surface area contributed by atoms with E-state index < -0.39 is 0 Å². The quantitative estimate of drug-likeness (QED) is 0.479. The van der Waals surface area contributed by atoms with Crippen LogP contribution in [0.5, 0.6) is 11.5 Å². The van der Waals surface area contributed by atoms with Crippen molar-refractivity contribution >= 4 is 11.9 Å². The van der Waals surface area contributed by atoms with E-state index in [0.29, 0.717) is 22.6 Å². The number of ether oxygens (including phenoxy) is 2. The standard InChI is InChI=1S/C19H17NO3/c1-13-7-9-14(10-8-13)18(21)16(12-20)11-15-5-4-6-17(22-2)19(15)23-3/h4-11H,1-3H3. The van der Waals surface area contributed by atoms with E-state index in [0.717, 1.165) is 5.56 Å². The van der Waals surface area contributed by atoms with Crippen LogP contribution in [0, 0.1) is 18.3 Å². The number of methoxy groups -OCH3 is 2. The highest BCUT2D eigenvalue weighted by Gasteiger charge is 2.14. The zero-order valence-corrected chi connectivity index (χ0v) is 13.3. The third-order valence-corrected chi connectivity index (χ3v) is 3.41. The molecule has 0 aliphatic rings. The Hall–Kier alpha value is -3.06. The Morgan fingerprint density at radius 1 is 1.09 bits per heavy atom. The molecule has 0 heterocycles. The van der Waals surface area contributed by atoms with Gasteiger partial charge >= 0.3 is 0 Å². The van der Waals surface area contributed by atoms with Crippen molar-refractivity contribution in [3.05, 3.63) is 64.7 Å². The lowest BCUT2D eigenvalue weighted by Gasteiger charge is -2.10. The molecular formula is C19H17NO3. The number of hydrogen-bond acceptors (Lipinski definition) is 4. The van der Waals surface area contributed by atoms with Crippen LogP contribution in [-0.2, 0) is 0 Å². The molecule has 0 N–H and O–H groups in total. The molecular weight excluding hydrogens is 290 g/mol. The summed E-state index contributed by atoms with van der Waals surface area (Å²) >= 11 is 0. The molecule has 4 nitrogen and oxygen atoms in total. The van der Waals surface area contributed by atoms with Crippen LogP contribution in [0.4, 0.5) is 0 Å². The lowest BCUT2D eigenvalue weighted by Crippen LogP contribution is -2.02. The maximum absolute atomic E-state index is 12.5. The molecule has 2 aromatic rings. The Bertz CT molecular complexity index is 783. The predicted octanol–water partition coefficient (Wildman–Crippen LogP) is 3.80. The predicted molar refractivity (Wildman–Crippen MR) is 88.6 cm³/mol. The average molecular weight is 307 g/mol. The first-order valence-electron chi connectivity index (χ1n) is 7.05. The number of hydrogen-bond donors (Lipinski definition) is 0. The molecule has 0 saturated heterocycles. The van der Waals surface area contributed by atoms with Crippen LogP contribution in [-0.4, -0.2) is 20.0 Å². The number of allylic oxidation sites excluding steroid dienone is 1. The lowest BCUT2D eigenvalue weighted by molar-refractivity contribution is 0.104. The second kappa shape index (κ2) is 7.28. The van der Waals surface area contributed by atoms with Gasteiger partial charge in [-0.2, -0.15) is 5.26 Å². The zero-order chi connectivity index (χ0) is 16.8. The van der Waals surface area contributed by atoms with Gasteiger partial charge in [0.25, 0.3) is 0 Å². The van der Waals surface area contributed by atoms with Crippen molar-refractivity contribution in [3.8, 4) is 17.6 Å². The number of Topliss-reactive ketones (excluding diaryl/α,β-unsaturated/α-hetero) is 1. The van der Waals surface area contributed by atoms with Gasteiger partial charge in [0, 0.05) is 11.1 Å². The van der Waals surface area contributed by atoms with Gasteiger partial charge in [-0.1, -0.05) is 42.0 Å². The van der Waals surface area contributed by atoms with Gasteiger partial charge in [-0.3, -0.25) is 4.79 Å². The molecule has 4 heteroatoms. The summed E-state index contributed by atoms with van der Waals surface area (Å²) in [5.41, 5.74) is 2.19. The number of benzene rings is 2. The van der Waals surface area contributed by atoms with Crippen molar-refractivity contribution in [2.45, 2.75) is 6.92 Å². The molecule has 2 aromatic carbocycles. The van der Waals surface area contributed by atoms with E-state index >= 15 is 0 Å². The Morgan fingerprint density at radius 3 is 2.35 bits per heavy atom. The third-order valence-electron chi connectivity index (χ3n) is 3.41. The smallest absolute Gasteiger partial charge is 0.203 e. The van der Waals surface area contributed by atoms with Gasteiger partial charge in [0.2, 0.25) is 5.78 Å². The van der Waals surface area contributed by atoms with Crippen LogP contribution in [0.25, 0.3) is 6.08 Å². The van der Waals surface area contributed by atoms with E-state index in [1.165, 1.54) is 20.3 Å². The summed E-state index contributed by atoms with van der Waals surface area (Å²) in [6.45, 7) is 1.94. The molecule has 0 fully saturated rings. The minimum absolute atomic E-state index is 0.0420. The Morgan fingerprint density at radius 2 is 1.78 bits per heavy atom. The van der Waals surface area contributed by atoms with Crippen LogP contribution >= 0.6 is 0 Å². The molecule has 0 saturated carbocycles. The van der Waals surface area contributed by atoms with Gasteiger partial charge in [0.1, 0.15) is 11.6 Å². The summed E-state index contributed by atoms with van der Waals surface area (Å²) in [7, 11) is 3.05. The highest BCUT2D eigenvalue weighted by molar-refractivity contribution is 6.14. The summed E-state index contributed by atoms with van der Waals surface area (Å²) < 4.78 is 10.6. The first kappa shape index (κ1) is 16.3. The SMILES string of the molecule is COc1cccc(C=C(C#N)C(=O)c2ccc(C)cc2)c1OC. The molecule has 2 rings (SSSR count). The Labute approximate surface area is 135 Å². The summed E-state index contributed by atoms with van der Waals surface area (Å²) in [6.07, 6.45) is 1.52. The van der Waals surface area contributed by atoms with Gasteiger partial charge in [-0.25, -0.2) is 0 Å². The first-order chi connectivity index (χ1) is 11.1. The second-order valence-corrected chi connectivity index (χ2v) is 4.95. The van der Waals surface area contributed by atoms with Gasteiger partial charge < -0.3 is 9.47 Å². The number of para-hydroxylation sites is 1. The Balaban J connectivity index is 2.45. The summed E-state index contributed by atoms with van der Waals surface area (Å²) in [6, 6.07) is 14.4. The van der Waals surface area contributed by atoms with Gasteiger partial charge in [0.05, 0.1) is 14.2 Å². The Kier molecular flexibility index (Phi) is 5.16. The number of nitrogens with zero attached hydrogens (tertiary/aromatic N) is 1. The molecule has 0 aliphatic heterocycles. The third kappa shape index (κ3) is 3.58. The minimum Gasteiger partial charge on any atom is -0.493 e. The van der Waals surface area contributed by atoms with E-state index in [9.17, 15) is 10.1 Å². The molecule has 0 atom stereocenters. The molecule has 0 aliphatic carbocycles. The van der Waals surface area contributed by atoms with Crippen molar-refractivity contribution in [3.63, 3.8) is 0 Å². The second-order valence-electron chi connectivity index (χ2n) is 4.95. The molecule has 0 spiro atoms. The minimum atomic E-state index is -0.322. The number of carbonyl (C=O) groups is 1. The molecule has 0 unspecified atom stereocenters. The van der Waals surface area contributed by atoms with Crippen molar-refractivity contribution in [2.75, 3.05) is 14.2 Å². The lowest BCUT2D eigenvalue weighted by atomic mass is 10.0. The van der Waals surface area contributed by atoms with Crippen LogP contribution in [0.15, 0.2) is 48.0 Å². The maximum atomic E-state index is 12.5. The fourth-order valence-corrected chi connectivity index (χ4v) is 2.19. The summed E-state index contributed by atoms with van der Waals surface area (Å²) in [4.78, 5) is 12.5. The van der Waals surface area contributed by atoms with Crippen LogP contribution in [0.3, 0.4) is 0 Å². The number of aryl methyl sites for hydroxylation is 1.